The zero-order chi connectivity index (χ0) is 16.9. The van der Waals surface area contributed by atoms with E-state index < -0.39 is 6.10 Å². The first-order valence-electron chi connectivity index (χ1n) is 8.20. The lowest BCUT2D eigenvalue weighted by molar-refractivity contribution is 0.0717. The first-order valence-corrected chi connectivity index (χ1v) is 8.20. The molecule has 3 rings (SSSR count). The smallest absolute Gasteiger partial charge is 0.166 e. The average molecular weight is 329 g/mol. The molecule has 0 saturated heterocycles. The molecule has 0 bridgehead atoms. The molecule has 6 heteroatoms. The number of nitrogens with two attached hydrogens (primary N) is 1. The van der Waals surface area contributed by atoms with E-state index >= 15 is 0 Å². The first kappa shape index (κ1) is 16.8. The van der Waals surface area contributed by atoms with Crippen LogP contribution in [0.1, 0.15) is 17.9 Å². The van der Waals surface area contributed by atoms with E-state index in [-0.39, 0.29) is 24.5 Å². The number of aliphatic hydroxyl groups excluding tert-OH is 2. The van der Waals surface area contributed by atoms with Crippen LogP contribution >= 0.6 is 0 Å². The minimum atomic E-state index is -0.544. The highest BCUT2D eigenvalue weighted by atomic mass is 16.5. The molecule has 4 atom stereocenters. The molecule has 1 saturated carbocycles. The van der Waals surface area contributed by atoms with Crippen molar-refractivity contribution in [3.05, 3.63) is 54.1 Å². The Morgan fingerprint density at radius 1 is 1.17 bits per heavy atom. The Labute approximate surface area is 141 Å². The Kier molecular flexibility index (Phi) is 5.40. The highest BCUT2D eigenvalue weighted by molar-refractivity contribution is 5.21. The SMILES string of the molecule is NC1CC(O)C(CO)C1Cc1ccnc(COc2ccccc2)n1. The van der Waals surface area contributed by atoms with E-state index in [1.54, 1.807) is 6.20 Å². The van der Waals surface area contributed by atoms with Gasteiger partial charge in [-0.05, 0) is 37.0 Å². The van der Waals surface area contributed by atoms with Crippen LogP contribution in [0.5, 0.6) is 5.75 Å². The van der Waals surface area contributed by atoms with Crippen LogP contribution in [-0.2, 0) is 13.0 Å². The van der Waals surface area contributed by atoms with E-state index in [1.807, 2.05) is 36.4 Å². The van der Waals surface area contributed by atoms with Gasteiger partial charge < -0.3 is 20.7 Å². The lowest BCUT2D eigenvalue weighted by atomic mass is 9.89. The second kappa shape index (κ2) is 7.70. The summed E-state index contributed by atoms with van der Waals surface area (Å²) >= 11 is 0. The first-order chi connectivity index (χ1) is 11.7. The lowest BCUT2D eigenvalue weighted by Gasteiger charge is -2.21. The summed E-state index contributed by atoms with van der Waals surface area (Å²) in [6, 6.07) is 11.2. The zero-order valence-corrected chi connectivity index (χ0v) is 13.5. The molecule has 1 fully saturated rings. The van der Waals surface area contributed by atoms with Gasteiger partial charge in [-0.3, -0.25) is 0 Å². The summed E-state index contributed by atoms with van der Waals surface area (Å²) in [7, 11) is 0. The average Bonchev–Trinajstić information content (AvgIpc) is 2.87. The van der Waals surface area contributed by atoms with Crippen LogP contribution in [-0.4, -0.2) is 38.9 Å². The van der Waals surface area contributed by atoms with E-state index in [0.717, 1.165) is 11.4 Å². The predicted octanol–water partition coefficient (Wildman–Crippen LogP) is 0.915. The van der Waals surface area contributed by atoms with Gasteiger partial charge in [0.15, 0.2) is 5.82 Å². The van der Waals surface area contributed by atoms with Gasteiger partial charge in [0.2, 0.25) is 0 Å². The Hall–Kier alpha value is -2.02. The fourth-order valence-electron chi connectivity index (χ4n) is 3.32. The number of aromatic nitrogens is 2. The van der Waals surface area contributed by atoms with Crippen molar-refractivity contribution in [3.8, 4) is 5.75 Å². The standard InChI is InChI=1S/C18H23N3O3/c19-16-9-17(23)15(10-22)14(16)8-12-6-7-20-18(21-12)11-24-13-4-2-1-3-5-13/h1-7,14-17,22-23H,8-11,19H2. The molecule has 0 aliphatic heterocycles. The van der Waals surface area contributed by atoms with Crippen LogP contribution in [0, 0.1) is 11.8 Å². The van der Waals surface area contributed by atoms with Crippen molar-refractivity contribution in [1.82, 2.24) is 9.97 Å². The number of hydrogen-bond acceptors (Lipinski definition) is 6. The zero-order valence-electron chi connectivity index (χ0n) is 13.5. The van der Waals surface area contributed by atoms with Crippen molar-refractivity contribution < 1.29 is 14.9 Å². The van der Waals surface area contributed by atoms with Crippen LogP contribution in [0.4, 0.5) is 0 Å². The molecule has 2 aromatic rings. The van der Waals surface area contributed by atoms with Gasteiger partial charge >= 0.3 is 0 Å². The summed E-state index contributed by atoms with van der Waals surface area (Å²) < 4.78 is 5.67. The molecule has 1 aromatic carbocycles. The van der Waals surface area contributed by atoms with E-state index in [4.69, 9.17) is 10.5 Å². The third kappa shape index (κ3) is 3.90. The maximum absolute atomic E-state index is 9.98. The summed E-state index contributed by atoms with van der Waals surface area (Å²) in [4.78, 5) is 8.76. The van der Waals surface area contributed by atoms with Gasteiger partial charge in [-0.2, -0.15) is 0 Å². The van der Waals surface area contributed by atoms with Crippen molar-refractivity contribution in [2.45, 2.75) is 31.6 Å². The van der Waals surface area contributed by atoms with Crippen molar-refractivity contribution in [2.75, 3.05) is 6.61 Å². The van der Waals surface area contributed by atoms with E-state index in [0.29, 0.717) is 25.3 Å². The van der Waals surface area contributed by atoms with E-state index in [9.17, 15) is 10.2 Å². The van der Waals surface area contributed by atoms with E-state index in [1.165, 1.54) is 0 Å². The molecule has 1 aromatic heterocycles. The summed E-state index contributed by atoms with van der Waals surface area (Å²) in [6.07, 6.45) is 2.30. The van der Waals surface area contributed by atoms with Crippen molar-refractivity contribution in [2.24, 2.45) is 17.6 Å². The van der Waals surface area contributed by atoms with Crippen molar-refractivity contribution in [3.63, 3.8) is 0 Å². The molecular weight excluding hydrogens is 306 g/mol. The molecule has 1 aliphatic rings. The number of hydrogen-bond donors (Lipinski definition) is 3. The Morgan fingerprint density at radius 3 is 2.71 bits per heavy atom. The minimum Gasteiger partial charge on any atom is -0.486 e. The molecule has 24 heavy (non-hydrogen) atoms. The van der Waals surface area contributed by atoms with Gasteiger partial charge in [-0.25, -0.2) is 9.97 Å². The third-order valence-corrected chi connectivity index (χ3v) is 4.64. The maximum atomic E-state index is 9.98. The largest absolute Gasteiger partial charge is 0.486 e. The maximum Gasteiger partial charge on any atom is 0.166 e. The van der Waals surface area contributed by atoms with Crippen molar-refractivity contribution >= 4 is 0 Å². The van der Waals surface area contributed by atoms with Gasteiger partial charge in [0.05, 0.1) is 6.10 Å². The van der Waals surface area contributed by atoms with Gasteiger partial charge in [0.25, 0.3) is 0 Å². The van der Waals surface area contributed by atoms with Crippen molar-refractivity contribution in [1.29, 1.82) is 0 Å². The molecule has 0 spiro atoms. The fraction of sp³-hybridized carbons (Fsp3) is 0.444. The van der Waals surface area contributed by atoms with Gasteiger partial charge in [0.1, 0.15) is 12.4 Å². The number of ether oxygens (including phenoxy) is 1. The Bertz CT molecular complexity index is 653. The van der Waals surface area contributed by atoms with Gasteiger partial charge in [0, 0.05) is 30.5 Å². The number of benzene rings is 1. The quantitative estimate of drug-likeness (QED) is 0.728. The van der Waals surface area contributed by atoms with Gasteiger partial charge in [-0.15, -0.1) is 0 Å². The Balaban J connectivity index is 1.65. The molecule has 128 valence electrons. The van der Waals surface area contributed by atoms with Crippen LogP contribution < -0.4 is 10.5 Å². The molecule has 1 heterocycles. The number of rotatable bonds is 6. The number of nitrogens with zero attached hydrogens (tertiary/aromatic N) is 2. The number of aliphatic hydroxyl groups is 2. The van der Waals surface area contributed by atoms with Crippen LogP contribution in [0.15, 0.2) is 42.6 Å². The second-order valence-electron chi connectivity index (χ2n) is 6.25. The number of para-hydroxylation sites is 1. The molecule has 0 amide bonds. The highest BCUT2D eigenvalue weighted by Crippen LogP contribution is 2.33. The molecule has 4 unspecified atom stereocenters. The Morgan fingerprint density at radius 2 is 1.96 bits per heavy atom. The predicted molar refractivity (Wildman–Crippen MR) is 89.2 cm³/mol. The summed E-state index contributed by atoms with van der Waals surface area (Å²) in [5, 5.41) is 19.5. The molecule has 1 aliphatic carbocycles. The molecular formula is C18H23N3O3. The van der Waals surface area contributed by atoms with Crippen LogP contribution in [0.2, 0.25) is 0 Å². The van der Waals surface area contributed by atoms with Crippen LogP contribution in [0.25, 0.3) is 0 Å². The third-order valence-electron chi connectivity index (χ3n) is 4.64. The topological polar surface area (TPSA) is 101 Å². The summed E-state index contributed by atoms with van der Waals surface area (Å²) in [5.41, 5.74) is 6.97. The van der Waals surface area contributed by atoms with Crippen LogP contribution in [0.3, 0.4) is 0 Å². The highest BCUT2D eigenvalue weighted by Gasteiger charge is 2.40. The minimum absolute atomic E-state index is 0.0165. The fourth-order valence-corrected chi connectivity index (χ4v) is 3.32. The monoisotopic (exact) mass is 329 g/mol. The molecule has 4 N–H and O–H groups in total. The normalized spacial score (nSPS) is 26.5. The molecule has 0 radical (unpaired) electrons. The van der Waals surface area contributed by atoms with E-state index in [2.05, 4.69) is 9.97 Å². The van der Waals surface area contributed by atoms with Gasteiger partial charge in [-0.1, -0.05) is 18.2 Å². The summed E-state index contributed by atoms with van der Waals surface area (Å²) in [6.45, 7) is 0.231. The lowest BCUT2D eigenvalue weighted by Crippen LogP contribution is -2.31. The molecule has 6 nitrogen and oxygen atoms in total. The second-order valence-corrected chi connectivity index (χ2v) is 6.25. The summed E-state index contributed by atoms with van der Waals surface area (Å²) in [5.74, 6) is 1.19.